The number of carbonyl (C=O) groups is 2. The zero-order chi connectivity index (χ0) is 50.7. The standard InChI is InChI=1S/C53H69N5O9S2/c1-52(2)44-36-42(68(61,62)63)25-27-46(44)55(31-14-33-57(5,6)7)48(52)29-19-38-16-13-17-39(51(38)67-41-23-21-40(22-24-41)54-50(60)18-11-12-35-59)20-30-49-53(3,4)45-37-43(69(64,65)66)26-28-47(45)56(49)32-15-34-58(8,9)10/h19-30,35-37H,11-18,31-34H2,1-10H3/p+3. The number of quaternary nitrogens is 2. The fraction of sp³-hybridized carbons (Fsp3) is 0.453. The summed E-state index contributed by atoms with van der Waals surface area (Å²) in [6, 6.07) is 16.8. The first-order valence-corrected chi connectivity index (χ1v) is 26.6. The Kier molecular flexibility index (Phi) is 15.9. The maximum absolute atomic E-state index is 12.6. The van der Waals surface area contributed by atoms with Gasteiger partial charge in [-0.2, -0.15) is 21.4 Å². The van der Waals surface area contributed by atoms with E-state index in [0.717, 1.165) is 92.7 Å². The van der Waals surface area contributed by atoms with Crippen LogP contribution in [0.3, 0.4) is 0 Å². The summed E-state index contributed by atoms with van der Waals surface area (Å²) in [6.07, 6.45) is 14.2. The van der Waals surface area contributed by atoms with Crippen LogP contribution in [-0.4, -0.2) is 126 Å². The highest BCUT2D eigenvalue weighted by atomic mass is 32.2. The Morgan fingerprint density at radius 1 is 0.783 bits per heavy atom. The summed E-state index contributed by atoms with van der Waals surface area (Å²) in [5.74, 6) is 1.06. The number of carbonyl (C=O) groups excluding carboxylic acids is 2. The maximum Gasteiger partial charge on any atom is 0.294 e. The van der Waals surface area contributed by atoms with Crippen molar-refractivity contribution in [3.05, 3.63) is 119 Å². The van der Waals surface area contributed by atoms with Gasteiger partial charge in [0.15, 0.2) is 12.3 Å². The number of fused-ring (bicyclic) bond motifs is 2. The lowest BCUT2D eigenvalue weighted by Crippen LogP contribution is -2.37. The van der Waals surface area contributed by atoms with Gasteiger partial charge in [0.05, 0.1) is 77.0 Å². The Labute approximate surface area is 410 Å². The van der Waals surface area contributed by atoms with Crippen LogP contribution < -0.4 is 15.0 Å². The van der Waals surface area contributed by atoms with Gasteiger partial charge in [-0.25, -0.2) is 0 Å². The Hall–Kier alpha value is -5.23. The van der Waals surface area contributed by atoms with Crippen molar-refractivity contribution in [2.45, 2.75) is 99.7 Å². The van der Waals surface area contributed by atoms with Gasteiger partial charge in [-0.3, -0.25) is 13.9 Å². The smallest absolute Gasteiger partial charge is 0.294 e. The van der Waals surface area contributed by atoms with E-state index in [9.17, 15) is 35.5 Å². The van der Waals surface area contributed by atoms with Gasteiger partial charge in [-0.15, -0.1) is 0 Å². The van der Waals surface area contributed by atoms with E-state index in [1.54, 1.807) is 36.4 Å². The van der Waals surface area contributed by atoms with Gasteiger partial charge in [0.2, 0.25) is 11.6 Å². The number of nitrogens with zero attached hydrogens (tertiary/aromatic N) is 4. The summed E-state index contributed by atoms with van der Waals surface area (Å²) < 4.78 is 80.3. The van der Waals surface area contributed by atoms with Crippen LogP contribution in [0.25, 0.3) is 0 Å². The number of benzene rings is 3. The van der Waals surface area contributed by atoms with E-state index in [2.05, 4.69) is 109 Å². The third kappa shape index (κ3) is 13.0. The molecule has 0 spiro atoms. The second kappa shape index (κ2) is 20.6. The lowest BCUT2D eigenvalue weighted by Gasteiger charge is -2.29. The van der Waals surface area contributed by atoms with E-state index in [4.69, 9.17) is 4.74 Å². The second-order valence-corrected chi connectivity index (χ2v) is 24.3. The van der Waals surface area contributed by atoms with Crippen LogP contribution >= 0.6 is 0 Å². The highest BCUT2D eigenvalue weighted by Gasteiger charge is 2.45. The molecule has 0 fully saturated rings. The number of anilines is 2. The third-order valence-corrected chi connectivity index (χ3v) is 14.9. The SMILES string of the molecule is CC1(C)C(/C=C/C2=C(Oc3ccc(NC(=O)CCCC=O)cc3)C(=C/C=C3/N(CCC[N+](C)(C)C)c4ccc(S(=O)(=O)O)cc4C3(C)C)/CCC2)=[N+](CCC[N+](C)(C)C)c2ccc(S(=O)(=O)O)cc21. The van der Waals surface area contributed by atoms with Crippen LogP contribution in [-0.2, 0) is 40.7 Å². The van der Waals surface area contributed by atoms with Gasteiger partial charge in [0, 0.05) is 66.0 Å². The molecule has 3 aromatic carbocycles. The lowest BCUT2D eigenvalue weighted by atomic mass is 9.81. The fourth-order valence-corrected chi connectivity index (χ4v) is 10.5. The molecule has 2 aliphatic heterocycles. The molecule has 14 nitrogen and oxygen atoms in total. The Balaban J connectivity index is 1.47. The van der Waals surface area contributed by atoms with Crippen LogP contribution in [0, 0.1) is 0 Å². The van der Waals surface area contributed by atoms with Crippen LogP contribution in [0.5, 0.6) is 5.75 Å². The molecule has 0 saturated heterocycles. The molecule has 0 bridgehead atoms. The second-order valence-electron chi connectivity index (χ2n) is 21.5. The summed E-state index contributed by atoms with van der Waals surface area (Å²) in [6.45, 7) is 11.5. The van der Waals surface area contributed by atoms with Gasteiger partial charge >= 0.3 is 0 Å². The fourth-order valence-electron chi connectivity index (χ4n) is 9.52. The number of rotatable bonds is 20. The summed E-state index contributed by atoms with van der Waals surface area (Å²) in [4.78, 5) is 25.3. The van der Waals surface area contributed by atoms with E-state index in [1.165, 1.54) is 12.1 Å². The minimum absolute atomic E-state index is 0.150. The molecule has 1 amide bonds. The molecule has 3 N–H and O–H groups in total. The van der Waals surface area contributed by atoms with Gasteiger partial charge in [0.1, 0.15) is 17.8 Å². The third-order valence-electron chi connectivity index (χ3n) is 13.2. The molecule has 0 saturated carbocycles. The number of amides is 1. The zero-order valence-electron chi connectivity index (χ0n) is 42.0. The minimum atomic E-state index is -4.44. The van der Waals surface area contributed by atoms with Gasteiger partial charge in [0.25, 0.3) is 20.2 Å². The first kappa shape index (κ1) is 53.1. The van der Waals surface area contributed by atoms with Crippen LogP contribution in [0.1, 0.15) is 90.2 Å². The van der Waals surface area contributed by atoms with Crippen molar-refractivity contribution in [1.82, 2.24) is 0 Å². The number of hydrogen-bond acceptors (Lipinski definition) is 8. The molecule has 3 aromatic rings. The van der Waals surface area contributed by atoms with Crippen molar-refractivity contribution in [1.29, 1.82) is 0 Å². The van der Waals surface area contributed by atoms with E-state index < -0.39 is 31.1 Å². The van der Waals surface area contributed by atoms with E-state index in [-0.39, 0.29) is 22.1 Å². The topological polar surface area (TPSA) is 170 Å². The normalized spacial score (nSPS) is 18.3. The molecule has 0 radical (unpaired) electrons. The molecule has 69 heavy (non-hydrogen) atoms. The van der Waals surface area contributed by atoms with Crippen LogP contribution in [0.2, 0.25) is 0 Å². The number of aldehydes is 1. The van der Waals surface area contributed by atoms with Crippen molar-refractivity contribution in [2.75, 3.05) is 78.7 Å². The van der Waals surface area contributed by atoms with Gasteiger partial charge in [-0.05, 0) is 123 Å². The number of hydrogen-bond donors (Lipinski definition) is 3. The van der Waals surface area contributed by atoms with E-state index >= 15 is 0 Å². The summed E-state index contributed by atoms with van der Waals surface area (Å²) in [7, 11) is 4.04. The molecule has 372 valence electrons. The molecule has 0 aromatic heterocycles. The number of allylic oxidation sites excluding steroid dienone is 7. The molecule has 0 unspecified atom stereocenters. The molecule has 1 aliphatic carbocycles. The molecule has 6 rings (SSSR count). The average Bonchev–Trinajstić information content (AvgIpc) is 3.59. The molecule has 0 atom stereocenters. The van der Waals surface area contributed by atoms with Crippen molar-refractivity contribution in [2.24, 2.45) is 0 Å². The summed E-state index contributed by atoms with van der Waals surface area (Å²) in [5.41, 5.74) is 6.57. The van der Waals surface area contributed by atoms with Crippen LogP contribution in [0.4, 0.5) is 17.1 Å². The molecule has 2 heterocycles. The highest BCUT2D eigenvalue weighted by molar-refractivity contribution is 7.86. The summed E-state index contributed by atoms with van der Waals surface area (Å²) >= 11 is 0. The van der Waals surface area contributed by atoms with Crippen LogP contribution in [0.15, 0.2) is 117 Å². The van der Waals surface area contributed by atoms with E-state index in [1.807, 2.05) is 12.1 Å². The predicted octanol–water partition coefficient (Wildman–Crippen LogP) is 8.74. The molecular weight excluding hydrogens is 915 g/mol. The minimum Gasteiger partial charge on any atom is -0.457 e. The monoisotopic (exact) mass is 986 g/mol. The first-order chi connectivity index (χ1) is 32.1. The quantitative estimate of drug-likeness (QED) is 0.0327. The first-order valence-electron chi connectivity index (χ1n) is 23.7. The van der Waals surface area contributed by atoms with Gasteiger partial charge < -0.3 is 28.7 Å². The zero-order valence-corrected chi connectivity index (χ0v) is 43.6. The summed E-state index contributed by atoms with van der Waals surface area (Å²) in [5, 5.41) is 2.90. The predicted molar refractivity (Wildman–Crippen MR) is 273 cm³/mol. The highest BCUT2D eigenvalue weighted by Crippen LogP contribution is 2.49. The molecule has 16 heteroatoms. The number of nitrogens with one attached hydrogen (secondary N) is 1. The van der Waals surface area contributed by atoms with Crippen molar-refractivity contribution in [3.8, 4) is 5.75 Å². The largest absolute Gasteiger partial charge is 0.457 e. The Morgan fingerprint density at radius 2 is 1.41 bits per heavy atom. The molecule has 3 aliphatic rings. The van der Waals surface area contributed by atoms with Crippen molar-refractivity contribution >= 4 is 55.2 Å². The van der Waals surface area contributed by atoms with Crippen molar-refractivity contribution < 1.29 is 53.8 Å². The number of ether oxygens (including phenoxy) is 1. The lowest BCUT2D eigenvalue weighted by molar-refractivity contribution is -0.871. The van der Waals surface area contributed by atoms with Crippen molar-refractivity contribution in [3.63, 3.8) is 0 Å². The maximum atomic E-state index is 12.6. The number of unbranched alkanes of at least 4 members (excludes halogenated alkanes) is 1. The Morgan fingerprint density at radius 3 is 2.03 bits per heavy atom. The average molecular weight is 987 g/mol. The van der Waals surface area contributed by atoms with Gasteiger partial charge in [-0.1, -0.05) is 19.9 Å². The Bertz CT molecular complexity index is 2840. The van der Waals surface area contributed by atoms with E-state index in [0.29, 0.717) is 56.0 Å². The molecular formula is C53H72N5O9S2+3.